The number of anilines is 1. The first kappa shape index (κ1) is 20.2. The van der Waals surface area contributed by atoms with Crippen molar-refractivity contribution in [3.8, 4) is 0 Å². The highest BCUT2D eigenvalue weighted by Crippen LogP contribution is 2.32. The molecule has 1 heterocycles. The minimum Gasteiger partial charge on any atom is -0.326 e. The van der Waals surface area contributed by atoms with Gasteiger partial charge < -0.3 is 10.6 Å². The molecule has 5 nitrogen and oxygen atoms in total. The first-order chi connectivity index (χ1) is 13.2. The predicted molar refractivity (Wildman–Crippen MR) is 103 cm³/mol. The summed E-state index contributed by atoms with van der Waals surface area (Å²) in [6, 6.07) is 11.0. The molecule has 0 spiro atoms. The van der Waals surface area contributed by atoms with E-state index in [0.717, 1.165) is 23.9 Å². The van der Waals surface area contributed by atoms with Crippen LogP contribution >= 0.6 is 23.4 Å². The minimum atomic E-state index is -4.48. The molecule has 2 N–H and O–H groups in total. The van der Waals surface area contributed by atoms with Crippen molar-refractivity contribution in [2.24, 2.45) is 4.99 Å². The van der Waals surface area contributed by atoms with E-state index in [2.05, 4.69) is 15.6 Å². The lowest BCUT2D eigenvalue weighted by molar-refractivity contribution is -0.137. The fourth-order valence-corrected chi connectivity index (χ4v) is 3.49. The Hall–Kier alpha value is -2.52. The Morgan fingerprint density at radius 1 is 1.21 bits per heavy atom. The Morgan fingerprint density at radius 2 is 1.93 bits per heavy atom. The van der Waals surface area contributed by atoms with Crippen LogP contribution in [-0.4, -0.2) is 22.2 Å². The number of nitrogens with one attached hydrogen (secondary N) is 2. The van der Waals surface area contributed by atoms with Crippen LogP contribution in [0.1, 0.15) is 12.0 Å². The molecule has 2 aromatic rings. The van der Waals surface area contributed by atoms with Crippen molar-refractivity contribution >= 4 is 51.7 Å². The fourth-order valence-electron chi connectivity index (χ4n) is 2.37. The van der Waals surface area contributed by atoms with Crippen LogP contribution in [0.2, 0.25) is 5.02 Å². The molecule has 1 aliphatic heterocycles. The summed E-state index contributed by atoms with van der Waals surface area (Å²) in [6.45, 7) is 0. The molecule has 1 aliphatic rings. The molecular weight excluding hydrogens is 415 g/mol. The Bertz CT molecular complexity index is 932. The zero-order valence-corrected chi connectivity index (χ0v) is 15.7. The van der Waals surface area contributed by atoms with Crippen molar-refractivity contribution in [3.05, 3.63) is 59.1 Å². The molecule has 3 rings (SSSR count). The summed E-state index contributed by atoms with van der Waals surface area (Å²) in [5.74, 6) is -0.808. The second-order valence-electron chi connectivity index (χ2n) is 5.82. The summed E-state index contributed by atoms with van der Waals surface area (Å²) < 4.78 is 38.3. The van der Waals surface area contributed by atoms with Gasteiger partial charge in [-0.05, 0) is 42.5 Å². The maximum atomic E-state index is 12.8. The van der Waals surface area contributed by atoms with Crippen molar-refractivity contribution in [2.75, 3.05) is 5.32 Å². The van der Waals surface area contributed by atoms with Crippen molar-refractivity contribution < 1.29 is 22.8 Å². The number of alkyl halides is 3. The van der Waals surface area contributed by atoms with E-state index >= 15 is 0 Å². The molecule has 0 radical (unpaired) electrons. The summed E-state index contributed by atoms with van der Waals surface area (Å²) >= 11 is 6.77. The molecule has 28 heavy (non-hydrogen) atoms. The Morgan fingerprint density at radius 3 is 2.61 bits per heavy atom. The van der Waals surface area contributed by atoms with Crippen molar-refractivity contribution in [2.45, 2.75) is 17.8 Å². The summed E-state index contributed by atoms with van der Waals surface area (Å²) in [5, 5.41) is 5.08. The number of carbonyl (C=O) groups excluding carboxylic acids is 2. The SMILES string of the molecule is O=C(C[C@@H]1SC(=Nc2cccc(C(F)(F)F)c2)NC1=O)Nc1ccc(Cl)cc1. The maximum Gasteiger partial charge on any atom is 0.416 e. The molecule has 1 saturated heterocycles. The van der Waals surface area contributed by atoms with E-state index in [1.54, 1.807) is 24.3 Å². The van der Waals surface area contributed by atoms with Crippen LogP contribution in [0.5, 0.6) is 0 Å². The van der Waals surface area contributed by atoms with E-state index in [1.165, 1.54) is 12.1 Å². The quantitative estimate of drug-likeness (QED) is 0.748. The molecule has 0 aliphatic carbocycles. The molecule has 146 valence electrons. The van der Waals surface area contributed by atoms with Crippen LogP contribution in [-0.2, 0) is 15.8 Å². The van der Waals surface area contributed by atoms with Gasteiger partial charge >= 0.3 is 6.18 Å². The highest BCUT2D eigenvalue weighted by Gasteiger charge is 2.33. The molecule has 0 bridgehead atoms. The number of halogens is 4. The second-order valence-corrected chi connectivity index (χ2v) is 7.45. The number of thioether (sulfide) groups is 1. The second kappa shape index (κ2) is 8.24. The molecule has 0 saturated carbocycles. The highest BCUT2D eigenvalue weighted by molar-refractivity contribution is 8.15. The zero-order chi connectivity index (χ0) is 20.3. The van der Waals surface area contributed by atoms with Gasteiger partial charge in [-0.3, -0.25) is 9.59 Å². The van der Waals surface area contributed by atoms with E-state index in [1.807, 2.05) is 0 Å². The number of benzene rings is 2. The number of nitrogens with zero attached hydrogens (tertiary/aromatic N) is 1. The van der Waals surface area contributed by atoms with Crippen LogP contribution in [0.4, 0.5) is 24.5 Å². The van der Waals surface area contributed by atoms with Gasteiger partial charge in [0.25, 0.3) is 0 Å². The monoisotopic (exact) mass is 427 g/mol. The normalized spacial score (nSPS) is 18.2. The number of hydrogen-bond acceptors (Lipinski definition) is 4. The zero-order valence-electron chi connectivity index (χ0n) is 14.1. The lowest BCUT2D eigenvalue weighted by Gasteiger charge is -2.07. The molecule has 2 aromatic carbocycles. The van der Waals surface area contributed by atoms with Gasteiger partial charge in [0.2, 0.25) is 11.8 Å². The summed E-state index contributed by atoms with van der Waals surface area (Å²) in [7, 11) is 0. The van der Waals surface area contributed by atoms with E-state index < -0.39 is 22.9 Å². The van der Waals surface area contributed by atoms with E-state index in [-0.39, 0.29) is 23.2 Å². The molecule has 1 fully saturated rings. The number of aliphatic imine (C=N–C) groups is 1. The van der Waals surface area contributed by atoms with Crippen molar-refractivity contribution in [1.29, 1.82) is 0 Å². The van der Waals surface area contributed by atoms with Gasteiger partial charge in [-0.2, -0.15) is 13.2 Å². The number of amides is 2. The topological polar surface area (TPSA) is 70.6 Å². The standard InChI is InChI=1S/C18H13ClF3N3O2S/c19-11-4-6-12(7-5-11)23-15(26)9-14-16(27)25-17(28-14)24-13-3-1-2-10(8-13)18(20,21)22/h1-8,14H,9H2,(H,23,26)(H,24,25,27)/t14-/m0/s1. The third-order valence-corrected chi connectivity index (χ3v) is 5.01. The summed E-state index contributed by atoms with van der Waals surface area (Å²) in [5.41, 5.74) is -0.234. The van der Waals surface area contributed by atoms with Crippen LogP contribution in [0, 0.1) is 0 Å². The third-order valence-electron chi connectivity index (χ3n) is 3.68. The van der Waals surface area contributed by atoms with Gasteiger partial charge in [-0.1, -0.05) is 29.4 Å². The Kier molecular flexibility index (Phi) is 5.95. The average Bonchev–Trinajstić information content (AvgIpc) is 2.95. The summed E-state index contributed by atoms with van der Waals surface area (Å²) in [6.07, 6.45) is -4.59. The molecule has 0 unspecified atom stereocenters. The van der Waals surface area contributed by atoms with Crippen molar-refractivity contribution in [3.63, 3.8) is 0 Å². The number of amidine groups is 1. The largest absolute Gasteiger partial charge is 0.416 e. The van der Waals surface area contributed by atoms with Crippen LogP contribution in [0.25, 0.3) is 0 Å². The van der Waals surface area contributed by atoms with Gasteiger partial charge in [0, 0.05) is 17.1 Å². The number of hydrogen-bond donors (Lipinski definition) is 2. The Labute approximate surface area is 167 Å². The van der Waals surface area contributed by atoms with Gasteiger partial charge in [-0.25, -0.2) is 4.99 Å². The first-order valence-corrected chi connectivity index (χ1v) is 9.25. The Balaban J connectivity index is 1.64. The third kappa shape index (κ3) is 5.26. The van der Waals surface area contributed by atoms with Gasteiger partial charge in [0.1, 0.15) is 5.25 Å². The molecule has 10 heteroatoms. The van der Waals surface area contributed by atoms with Gasteiger partial charge in [0.15, 0.2) is 5.17 Å². The van der Waals surface area contributed by atoms with Crippen LogP contribution in [0.15, 0.2) is 53.5 Å². The lowest BCUT2D eigenvalue weighted by Crippen LogP contribution is -2.28. The van der Waals surface area contributed by atoms with Crippen molar-refractivity contribution in [1.82, 2.24) is 5.32 Å². The smallest absolute Gasteiger partial charge is 0.326 e. The lowest BCUT2D eigenvalue weighted by atomic mass is 10.2. The highest BCUT2D eigenvalue weighted by atomic mass is 35.5. The minimum absolute atomic E-state index is 0.0592. The van der Waals surface area contributed by atoms with Gasteiger partial charge in [-0.15, -0.1) is 0 Å². The average molecular weight is 428 g/mol. The van der Waals surface area contributed by atoms with Crippen LogP contribution < -0.4 is 10.6 Å². The van der Waals surface area contributed by atoms with E-state index in [4.69, 9.17) is 11.6 Å². The molecule has 0 aromatic heterocycles. The number of carbonyl (C=O) groups is 2. The van der Waals surface area contributed by atoms with Gasteiger partial charge in [0.05, 0.1) is 11.3 Å². The summed E-state index contributed by atoms with van der Waals surface area (Å²) in [4.78, 5) is 28.2. The number of rotatable bonds is 4. The van der Waals surface area contributed by atoms with E-state index in [0.29, 0.717) is 10.7 Å². The molecule has 2 amide bonds. The molecular formula is C18H13ClF3N3O2S. The maximum absolute atomic E-state index is 12.8. The van der Waals surface area contributed by atoms with Crippen LogP contribution in [0.3, 0.4) is 0 Å². The predicted octanol–water partition coefficient (Wildman–Crippen LogP) is 4.61. The fraction of sp³-hybridized carbons (Fsp3) is 0.167. The first-order valence-electron chi connectivity index (χ1n) is 7.99. The van der Waals surface area contributed by atoms with E-state index in [9.17, 15) is 22.8 Å². The molecule has 1 atom stereocenters.